The zero-order chi connectivity index (χ0) is 29.8. The van der Waals surface area contributed by atoms with Gasteiger partial charge < -0.3 is 47.7 Å². The summed E-state index contributed by atoms with van der Waals surface area (Å²) in [7, 11) is 0. The van der Waals surface area contributed by atoms with Crippen LogP contribution >= 0.6 is 0 Å². The molecule has 0 aliphatic carbocycles. The summed E-state index contributed by atoms with van der Waals surface area (Å²) in [6.45, 7) is 0.269. The second-order valence-corrected chi connectivity index (χ2v) is 9.17. The van der Waals surface area contributed by atoms with Gasteiger partial charge in [0, 0.05) is 17.1 Å². The molecule has 2 rings (SSSR count). The molecular weight excluding hydrogens is 528 g/mol. The quantitative estimate of drug-likeness (QED) is 0.102. The molecule has 2 aromatic rings. The molecule has 0 aliphatic rings. The van der Waals surface area contributed by atoms with Gasteiger partial charge in [-0.3, -0.25) is 24.0 Å². The second-order valence-electron chi connectivity index (χ2n) is 9.17. The zero-order valence-electron chi connectivity index (χ0n) is 21.6. The number of unbranched alkanes of at least 4 members (excludes halogenated alkanes) is 1. The summed E-state index contributed by atoms with van der Waals surface area (Å²) in [5, 5.41) is 35.0. The van der Waals surface area contributed by atoms with Crippen LogP contribution in [0.25, 0.3) is 10.9 Å². The molecule has 0 saturated carbocycles. The normalized spacial score (nSPS) is 13.9. The molecule has 0 aliphatic heterocycles. The number of nitrogens with two attached hydrogens (primary N) is 2. The van der Waals surface area contributed by atoms with Crippen molar-refractivity contribution >= 4 is 46.5 Å². The maximum atomic E-state index is 13.0. The number of fused-ring (bicyclic) bond motifs is 1. The molecule has 0 spiro atoms. The van der Waals surface area contributed by atoms with E-state index < -0.39 is 72.6 Å². The van der Waals surface area contributed by atoms with Gasteiger partial charge in [0.05, 0.1) is 18.9 Å². The Balaban J connectivity index is 2.14. The predicted molar refractivity (Wildman–Crippen MR) is 141 cm³/mol. The third-order valence-electron chi connectivity index (χ3n) is 6.04. The SMILES string of the molecule is NCCCCC(NC(=O)C(CC(=O)O)NC(=O)C(N)Cc1c[nH]c2ccccc12)C(=O)NC(CC(=O)O)C(=O)O. The Morgan fingerprint density at radius 3 is 2.00 bits per heavy atom. The lowest BCUT2D eigenvalue weighted by Crippen LogP contribution is -2.57. The molecule has 11 N–H and O–H groups in total. The first kappa shape index (κ1) is 31.7. The van der Waals surface area contributed by atoms with Crippen molar-refractivity contribution in [2.45, 2.75) is 62.7 Å². The summed E-state index contributed by atoms with van der Waals surface area (Å²) in [6, 6.07) is 1.46. The zero-order valence-corrected chi connectivity index (χ0v) is 21.6. The van der Waals surface area contributed by atoms with E-state index in [4.69, 9.17) is 16.6 Å². The Kier molecular flexibility index (Phi) is 12.0. The first-order chi connectivity index (χ1) is 18.9. The van der Waals surface area contributed by atoms with Gasteiger partial charge in [-0.2, -0.15) is 0 Å². The van der Waals surface area contributed by atoms with E-state index in [1.807, 2.05) is 24.3 Å². The van der Waals surface area contributed by atoms with Crippen LogP contribution < -0.4 is 27.4 Å². The molecule has 4 unspecified atom stereocenters. The van der Waals surface area contributed by atoms with Crippen molar-refractivity contribution in [3.05, 3.63) is 36.0 Å². The van der Waals surface area contributed by atoms with Crippen LogP contribution in [-0.2, 0) is 35.2 Å². The number of nitrogens with one attached hydrogen (secondary N) is 4. The predicted octanol–water partition coefficient (Wildman–Crippen LogP) is -1.34. The number of rotatable bonds is 17. The summed E-state index contributed by atoms with van der Waals surface area (Å²) in [6.07, 6.45) is 0.815. The van der Waals surface area contributed by atoms with Crippen LogP contribution in [0.1, 0.15) is 37.7 Å². The van der Waals surface area contributed by atoms with Crippen molar-refractivity contribution in [2.75, 3.05) is 6.54 Å². The van der Waals surface area contributed by atoms with Gasteiger partial charge in [0.25, 0.3) is 0 Å². The average Bonchev–Trinajstić information content (AvgIpc) is 3.29. The van der Waals surface area contributed by atoms with Crippen molar-refractivity contribution in [3.63, 3.8) is 0 Å². The smallest absolute Gasteiger partial charge is 0.326 e. The highest BCUT2D eigenvalue weighted by atomic mass is 16.4. The monoisotopic (exact) mass is 562 g/mol. The van der Waals surface area contributed by atoms with E-state index in [9.17, 15) is 39.0 Å². The molecule has 1 aromatic carbocycles. The topological polar surface area (TPSA) is 267 Å². The first-order valence-corrected chi connectivity index (χ1v) is 12.5. The highest BCUT2D eigenvalue weighted by molar-refractivity contribution is 5.96. The number of H-pyrrole nitrogens is 1. The van der Waals surface area contributed by atoms with Crippen LogP contribution in [-0.4, -0.2) is 86.6 Å². The number of hydrogen-bond acceptors (Lipinski definition) is 8. The Labute approximate surface area is 228 Å². The molecule has 3 amide bonds. The molecule has 4 atom stereocenters. The van der Waals surface area contributed by atoms with E-state index >= 15 is 0 Å². The lowest BCUT2D eigenvalue weighted by Gasteiger charge is -2.24. The number of hydrogen-bond donors (Lipinski definition) is 9. The number of carboxylic acids is 3. The van der Waals surface area contributed by atoms with E-state index in [0.29, 0.717) is 12.8 Å². The van der Waals surface area contributed by atoms with Gasteiger partial charge in [-0.15, -0.1) is 0 Å². The highest BCUT2D eigenvalue weighted by Gasteiger charge is 2.32. The van der Waals surface area contributed by atoms with Crippen LogP contribution in [0.3, 0.4) is 0 Å². The van der Waals surface area contributed by atoms with Crippen molar-refractivity contribution in [1.29, 1.82) is 0 Å². The molecule has 15 heteroatoms. The number of carbonyl (C=O) groups excluding carboxylic acids is 3. The first-order valence-electron chi connectivity index (χ1n) is 12.5. The van der Waals surface area contributed by atoms with Crippen LogP contribution in [0.5, 0.6) is 0 Å². The number of para-hydroxylation sites is 1. The van der Waals surface area contributed by atoms with Crippen molar-refractivity contribution in [1.82, 2.24) is 20.9 Å². The van der Waals surface area contributed by atoms with Crippen LogP contribution in [0.15, 0.2) is 30.5 Å². The maximum absolute atomic E-state index is 13.0. The molecule has 0 radical (unpaired) electrons. The third-order valence-corrected chi connectivity index (χ3v) is 6.04. The maximum Gasteiger partial charge on any atom is 0.326 e. The van der Waals surface area contributed by atoms with Crippen LogP contribution in [0, 0.1) is 0 Å². The van der Waals surface area contributed by atoms with E-state index in [1.54, 1.807) is 6.20 Å². The summed E-state index contributed by atoms with van der Waals surface area (Å²) >= 11 is 0. The van der Waals surface area contributed by atoms with Gasteiger partial charge in [-0.1, -0.05) is 18.2 Å². The molecule has 0 saturated heterocycles. The molecule has 0 bridgehead atoms. The fraction of sp³-hybridized carbons (Fsp3) is 0.440. The van der Waals surface area contributed by atoms with Gasteiger partial charge >= 0.3 is 17.9 Å². The molecule has 218 valence electrons. The van der Waals surface area contributed by atoms with Crippen LogP contribution in [0.2, 0.25) is 0 Å². The standard InChI is InChI=1S/C25H34N6O9/c26-8-4-3-7-17(23(37)31-19(25(39)40)11-21(34)35)29-24(38)18(10-20(32)33)30-22(36)15(27)9-13-12-28-16-6-2-1-5-14(13)16/h1-2,5-6,12,15,17-19,28H,3-4,7-11,26-27H2,(H,29,38)(H,30,36)(H,31,37)(H,32,33)(H,34,35)(H,39,40). The van der Waals surface area contributed by atoms with Crippen molar-refractivity contribution in [2.24, 2.45) is 11.5 Å². The third kappa shape index (κ3) is 9.67. The number of aliphatic carboxylic acids is 3. The minimum atomic E-state index is -1.77. The van der Waals surface area contributed by atoms with Gasteiger partial charge in [-0.25, -0.2) is 4.79 Å². The highest BCUT2D eigenvalue weighted by Crippen LogP contribution is 2.18. The summed E-state index contributed by atoms with van der Waals surface area (Å²) in [4.78, 5) is 75.5. The van der Waals surface area contributed by atoms with Gasteiger partial charge in [0.15, 0.2) is 0 Å². The van der Waals surface area contributed by atoms with E-state index in [0.717, 1.165) is 16.5 Å². The fourth-order valence-corrected chi connectivity index (χ4v) is 3.97. The number of aromatic nitrogens is 1. The minimum Gasteiger partial charge on any atom is -0.481 e. The summed E-state index contributed by atoms with van der Waals surface area (Å²) < 4.78 is 0. The molecule has 1 aromatic heterocycles. The van der Waals surface area contributed by atoms with E-state index in [1.165, 1.54) is 0 Å². The second kappa shape index (κ2) is 15.2. The lowest BCUT2D eigenvalue weighted by molar-refractivity contribution is -0.147. The van der Waals surface area contributed by atoms with E-state index in [-0.39, 0.29) is 19.4 Å². The molecule has 40 heavy (non-hydrogen) atoms. The lowest BCUT2D eigenvalue weighted by atomic mass is 10.0. The minimum absolute atomic E-state index is 0.0119. The molecule has 1 heterocycles. The Morgan fingerprint density at radius 1 is 0.800 bits per heavy atom. The number of carbonyl (C=O) groups is 6. The number of amides is 3. The van der Waals surface area contributed by atoms with E-state index in [2.05, 4.69) is 20.9 Å². The summed E-state index contributed by atoms with van der Waals surface area (Å²) in [5.74, 6) is -7.29. The van der Waals surface area contributed by atoms with Gasteiger partial charge in [-0.05, 0) is 43.9 Å². The summed E-state index contributed by atoms with van der Waals surface area (Å²) in [5.41, 5.74) is 13.1. The molecular formula is C25H34N6O9. The van der Waals surface area contributed by atoms with Gasteiger partial charge in [0.2, 0.25) is 17.7 Å². The average molecular weight is 563 g/mol. The molecule has 15 nitrogen and oxygen atoms in total. The number of aromatic amines is 1. The number of benzene rings is 1. The van der Waals surface area contributed by atoms with Crippen LogP contribution in [0.4, 0.5) is 0 Å². The van der Waals surface area contributed by atoms with Gasteiger partial charge in [0.1, 0.15) is 18.1 Å². The fourth-order valence-electron chi connectivity index (χ4n) is 3.97. The Bertz CT molecular complexity index is 1230. The largest absolute Gasteiger partial charge is 0.481 e. The van der Waals surface area contributed by atoms with Crippen molar-refractivity contribution < 1.29 is 44.1 Å². The Morgan fingerprint density at radius 2 is 1.38 bits per heavy atom. The van der Waals surface area contributed by atoms with Crippen molar-refractivity contribution in [3.8, 4) is 0 Å². The Hall–Kier alpha value is -4.50. The molecule has 0 fully saturated rings. The number of carboxylic acid groups (broad SMARTS) is 3.